The van der Waals surface area contributed by atoms with Crippen LogP contribution in [0.15, 0.2) is 48.5 Å². The molecule has 0 aromatic heterocycles. The molecule has 2 amide bonds. The second-order valence-corrected chi connectivity index (χ2v) is 8.19. The van der Waals surface area contributed by atoms with Crippen molar-refractivity contribution in [1.29, 1.82) is 0 Å². The molecular formula is C21H24ClN3O2S. The maximum Gasteiger partial charge on any atom is 0.251 e. The molecule has 0 radical (unpaired) electrons. The van der Waals surface area contributed by atoms with Crippen LogP contribution < -0.4 is 16.0 Å². The molecule has 0 fully saturated rings. The number of nitrogens with one attached hydrogen (secondary N) is 3. The fraction of sp³-hybridized carbons (Fsp3) is 0.286. The molecule has 0 saturated heterocycles. The summed E-state index contributed by atoms with van der Waals surface area (Å²) in [6.45, 7) is 5.75. The summed E-state index contributed by atoms with van der Waals surface area (Å²) in [5, 5.41) is 9.30. The van der Waals surface area contributed by atoms with Gasteiger partial charge in [0.2, 0.25) is 5.91 Å². The molecule has 2 rings (SSSR count). The molecule has 0 aliphatic rings. The first kappa shape index (κ1) is 21.9. The Kier molecular flexibility index (Phi) is 7.54. The maximum atomic E-state index is 12.3. The normalized spacial score (nSPS) is 10.9. The van der Waals surface area contributed by atoms with Gasteiger partial charge < -0.3 is 16.0 Å². The molecular weight excluding hydrogens is 394 g/mol. The van der Waals surface area contributed by atoms with Gasteiger partial charge in [0.15, 0.2) is 5.11 Å². The predicted molar refractivity (Wildman–Crippen MR) is 118 cm³/mol. The fourth-order valence-electron chi connectivity index (χ4n) is 2.45. The number of hydrogen-bond acceptors (Lipinski definition) is 3. The lowest BCUT2D eigenvalue weighted by molar-refractivity contribution is -0.119. The van der Waals surface area contributed by atoms with Crippen molar-refractivity contribution in [2.24, 2.45) is 0 Å². The standard InChI is InChI=1S/C21H24ClN3O2S/c1-21(2,3)25-19(27)15-8-6-9-16(13-15)23-20(28)24-18(26)12-11-14-7-4-5-10-17(14)22/h4-10,13H,11-12H2,1-3H3,(H,25,27)(H2,23,24,26,28). The van der Waals surface area contributed by atoms with Crippen molar-refractivity contribution >= 4 is 46.4 Å². The number of thiocarbonyl (C=S) groups is 1. The summed E-state index contributed by atoms with van der Waals surface area (Å²) < 4.78 is 0. The van der Waals surface area contributed by atoms with Crippen molar-refractivity contribution in [3.05, 3.63) is 64.7 Å². The molecule has 0 spiro atoms. The first-order valence-electron chi connectivity index (χ1n) is 8.91. The third-order valence-corrected chi connectivity index (χ3v) is 4.28. The highest BCUT2D eigenvalue weighted by Crippen LogP contribution is 2.16. The number of carbonyl (C=O) groups is 2. The summed E-state index contributed by atoms with van der Waals surface area (Å²) in [6, 6.07) is 14.3. The van der Waals surface area contributed by atoms with Gasteiger partial charge >= 0.3 is 0 Å². The highest BCUT2D eigenvalue weighted by Gasteiger charge is 2.15. The minimum atomic E-state index is -0.328. The minimum absolute atomic E-state index is 0.175. The van der Waals surface area contributed by atoms with Crippen LogP contribution in [0.2, 0.25) is 5.02 Å². The summed E-state index contributed by atoms with van der Waals surface area (Å²) in [4.78, 5) is 24.4. The fourth-order valence-corrected chi connectivity index (χ4v) is 2.91. The molecule has 2 aromatic rings. The summed E-state index contributed by atoms with van der Waals surface area (Å²) in [5.74, 6) is -0.384. The van der Waals surface area contributed by atoms with Gasteiger partial charge in [-0.2, -0.15) is 0 Å². The van der Waals surface area contributed by atoms with Gasteiger partial charge in [-0.3, -0.25) is 9.59 Å². The molecule has 0 bridgehead atoms. The second-order valence-electron chi connectivity index (χ2n) is 7.38. The average molecular weight is 418 g/mol. The monoisotopic (exact) mass is 417 g/mol. The van der Waals surface area contributed by atoms with E-state index in [0.717, 1.165) is 5.56 Å². The number of benzene rings is 2. The molecule has 0 saturated carbocycles. The van der Waals surface area contributed by atoms with E-state index in [-0.39, 0.29) is 28.9 Å². The largest absolute Gasteiger partial charge is 0.347 e. The first-order chi connectivity index (χ1) is 13.1. The van der Waals surface area contributed by atoms with E-state index in [9.17, 15) is 9.59 Å². The Morgan fingerprint density at radius 1 is 1.07 bits per heavy atom. The van der Waals surface area contributed by atoms with Crippen LogP contribution in [0.3, 0.4) is 0 Å². The van der Waals surface area contributed by atoms with Crippen LogP contribution in [0.4, 0.5) is 5.69 Å². The predicted octanol–water partition coefficient (Wildman–Crippen LogP) is 4.31. The van der Waals surface area contributed by atoms with Crippen LogP contribution in [0.25, 0.3) is 0 Å². The van der Waals surface area contributed by atoms with Gasteiger partial charge in [0.25, 0.3) is 5.91 Å². The van der Waals surface area contributed by atoms with Crippen molar-refractivity contribution in [2.75, 3.05) is 5.32 Å². The molecule has 0 aliphatic carbocycles. The van der Waals surface area contributed by atoms with Gasteiger partial charge in [0, 0.05) is 28.2 Å². The van der Waals surface area contributed by atoms with E-state index < -0.39 is 0 Å². The smallest absolute Gasteiger partial charge is 0.251 e. The summed E-state index contributed by atoms with van der Waals surface area (Å²) in [7, 11) is 0. The molecule has 148 valence electrons. The molecule has 2 aromatic carbocycles. The number of rotatable bonds is 5. The van der Waals surface area contributed by atoms with Gasteiger partial charge in [-0.15, -0.1) is 0 Å². The second kappa shape index (κ2) is 9.66. The van der Waals surface area contributed by atoms with Gasteiger partial charge in [0.05, 0.1) is 0 Å². The molecule has 5 nitrogen and oxygen atoms in total. The van der Waals surface area contributed by atoms with Gasteiger partial charge in [-0.25, -0.2) is 0 Å². The number of halogens is 1. The molecule has 0 aliphatic heterocycles. The Hall–Kier alpha value is -2.44. The Balaban J connectivity index is 1.88. The molecule has 0 atom stereocenters. The zero-order valence-electron chi connectivity index (χ0n) is 16.1. The lowest BCUT2D eigenvalue weighted by Gasteiger charge is -2.20. The van der Waals surface area contributed by atoms with Crippen LogP contribution in [-0.4, -0.2) is 22.5 Å². The first-order valence-corrected chi connectivity index (χ1v) is 9.69. The number of aryl methyl sites for hydroxylation is 1. The summed E-state index contributed by atoms with van der Waals surface area (Å²) in [5.41, 5.74) is 1.72. The summed E-state index contributed by atoms with van der Waals surface area (Å²) >= 11 is 11.3. The zero-order chi connectivity index (χ0) is 20.7. The number of anilines is 1. The van der Waals surface area contributed by atoms with Crippen molar-refractivity contribution < 1.29 is 9.59 Å². The number of carbonyl (C=O) groups excluding carboxylic acids is 2. The molecule has 7 heteroatoms. The van der Waals surface area contributed by atoms with E-state index >= 15 is 0 Å². The van der Waals surface area contributed by atoms with Crippen LogP contribution in [0.5, 0.6) is 0 Å². The lowest BCUT2D eigenvalue weighted by atomic mass is 10.1. The van der Waals surface area contributed by atoms with Crippen LogP contribution >= 0.6 is 23.8 Å². The van der Waals surface area contributed by atoms with Gasteiger partial charge in [-0.05, 0) is 69.2 Å². The van der Waals surface area contributed by atoms with E-state index in [1.807, 2.05) is 39.0 Å². The quantitative estimate of drug-likeness (QED) is 0.634. The molecule has 0 heterocycles. The Morgan fingerprint density at radius 3 is 2.46 bits per heavy atom. The van der Waals surface area contributed by atoms with Crippen LogP contribution in [0, 0.1) is 0 Å². The van der Waals surface area contributed by atoms with E-state index in [0.29, 0.717) is 22.7 Å². The van der Waals surface area contributed by atoms with Crippen molar-refractivity contribution in [2.45, 2.75) is 39.2 Å². The van der Waals surface area contributed by atoms with Gasteiger partial charge in [-0.1, -0.05) is 35.9 Å². The van der Waals surface area contributed by atoms with Crippen LogP contribution in [0.1, 0.15) is 43.1 Å². The van der Waals surface area contributed by atoms with Crippen molar-refractivity contribution in [1.82, 2.24) is 10.6 Å². The van der Waals surface area contributed by atoms with E-state index in [2.05, 4.69) is 16.0 Å². The number of hydrogen-bond donors (Lipinski definition) is 3. The van der Waals surface area contributed by atoms with Crippen LogP contribution in [-0.2, 0) is 11.2 Å². The summed E-state index contributed by atoms with van der Waals surface area (Å²) in [6.07, 6.45) is 0.788. The third kappa shape index (κ3) is 7.29. The SMILES string of the molecule is CC(C)(C)NC(=O)c1cccc(NC(=S)NC(=O)CCc2ccccc2Cl)c1. The average Bonchev–Trinajstić information content (AvgIpc) is 2.59. The topological polar surface area (TPSA) is 70.2 Å². The number of amides is 2. The molecule has 0 unspecified atom stereocenters. The minimum Gasteiger partial charge on any atom is -0.347 e. The van der Waals surface area contributed by atoms with E-state index in [4.69, 9.17) is 23.8 Å². The van der Waals surface area contributed by atoms with E-state index in [1.54, 1.807) is 30.3 Å². The van der Waals surface area contributed by atoms with Crippen molar-refractivity contribution in [3.63, 3.8) is 0 Å². The molecule has 28 heavy (non-hydrogen) atoms. The zero-order valence-corrected chi connectivity index (χ0v) is 17.7. The Morgan fingerprint density at radius 2 is 1.79 bits per heavy atom. The molecule has 3 N–H and O–H groups in total. The highest BCUT2D eigenvalue weighted by atomic mass is 35.5. The van der Waals surface area contributed by atoms with Crippen molar-refractivity contribution in [3.8, 4) is 0 Å². The van der Waals surface area contributed by atoms with Gasteiger partial charge in [0.1, 0.15) is 0 Å². The van der Waals surface area contributed by atoms with E-state index in [1.165, 1.54) is 0 Å². The maximum absolute atomic E-state index is 12.3. The lowest BCUT2D eigenvalue weighted by Crippen LogP contribution is -2.40. The third-order valence-electron chi connectivity index (χ3n) is 3.70. The highest BCUT2D eigenvalue weighted by molar-refractivity contribution is 7.80. The Labute approximate surface area is 175 Å². The Bertz CT molecular complexity index is 878.